The maximum Gasteiger partial charge on any atom is 0.242 e. The molecule has 1 heterocycles. The van der Waals surface area contributed by atoms with Crippen LogP contribution in [0.5, 0.6) is 0 Å². The van der Waals surface area contributed by atoms with Crippen LogP contribution >= 0.6 is 0 Å². The van der Waals surface area contributed by atoms with E-state index in [9.17, 15) is 18.8 Å². The third-order valence-corrected chi connectivity index (χ3v) is 5.86. The molecule has 2 aliphatic rings. The van der Waals surface area contributed by atoms with E-state index in [1.807, 2.05) is 4.90 Å². The lowest BCUT2D eigenvalue weighted by atomic mass is 9.87. The molecule has 3 rings (SSSR count). The van der Waals surface area contributed by atoms with Crippen LogP contribution in [-0.4, -0.2) is 66.8 Å². The molecule has 30 heavy (non-hydrogen) atoms. The number of nitrogens with zero attached hydrogens (tertiary/aromatic N) is 2. The highest BCUT2D eigenvalue weighted by Gasteiger charge is 2.23. The van der Waals surface area contributed by atoms with E-state index in [1.54, 1.807) is 4.90 Å². The van der Waals surface area contributed by atoms with Crippen molar-refractivity contribution in [1.29, 1.82) is 0 Å². The molecule has 2 fully saturated rings. The van der Waals surface area contributed by atoms with E-state index in [0.717, 1.165) is 12.8 Å². The highest BCUT2D eigenvalue weighted by atomic mass is 19.1. The van der Waals surface area contributed by atoms with Gasteiger partial charge in [-0.1, -0.05) is 19.3 Å². The summed E-state index contributed by atoms with van der Waals surface area (Å²) in [7, 11) is 0. The van der Waals surface area contributed by atoms with Gasteiger partial charge in [-0.2, -0.15) is 0 Å². The SMILES string of the molecule is O=C(CC1CCCCC1)NCC(=O)N1CCN(CC(=O)Nc2ccc(F)cc2)CC1. The van der Waals surface area contributed by atoms with Crippen molar-refractivity contribution < 1.29 is 18.8 Å². The molecule has 0 atom stereocenters. The van der Waals surface area contributed by atoms with Crippen LogP contribution in [0.1, 0.15) is 38.5 Å². The molecule has 1 saturated heterocycles. The summed E-state index contributed by atoms with van der Waals surface area (Å²) in [5.74, 6) is -0.178. The Labute approximate surface area is 177 Å². The summed E-state index contributed by atoms with van der Waals surface area (Å²) in [4.78, 5) is 40.3. The third-order valence-electron chi connectivity index (χ3n) is 5.86. The van der Waals surface area contributed by atoms with E-state index in [1.165, 1.54) is 43.5 Å². The summed E-state index contributed by atoms with van der Waals surface area (Å²) in [5, 5.41) is 5.51. The van der Waals surface area contributed by atoms with Gasteiger partial charge in [0.05, 0.1) is 13.1 Å². The number of carbonyl (C=O) groups is 3. The fraction of sp³-hybridized carbons (Fsp3) is 0.591. The van der Waals surface area contributed by atoms with Crippen LogP contribution in [0.25, 0.3) is 0 Å². The van der Waals surface area contributed by atoms with E-state index in [4.69, 9.17) is 0 Å². The van der Waals surface area contributed by atoms with Crippen molar-refractivity contribution in [3.8, 4) is 0 Å². The zero-order valence-electron chi connectivity index (χ0n) is 17.4. The molecule has 0 bridgehead atoms. The van der Waals surface area contributed by atoms with Gasteiger partial charge < -0.3 is 15.5 Å². The minimum atomic E-state index is -0.348. The van der Waals surface area contributed by atoms with Crippen LogP contribution in [0.3, 0.4) is 0 Å². The molecule has 3 amide bonds. The second-order valence-electron chi connectivity index (χ2n) is 8.20. The molecule has 7 nitrogen and oxygen atoms in total. The maximum absolute atomic E-state index is 12.9. The lowest BCUT2D eigenvalue weighted by Gasteiger charge is -2.34. The maximum atomic E-state index is 12.9. The van der Waals surface area contributed by atoms with E-state index >= 15 is 0 Å². The van der Waals surface area contributed by atoms with E-state index in [2.05, 4.69) is 10.6 Å². The summed E-state index contributed by atoms with van der Waals surface area (Å²) in [6, 6.07) is 5.64. The predicted molar refractivity (Wildman–Crippen MR) is 112 cm³/mol. The number of rotatable bonds is 7. The molecule has 1 saturated carbocycles. The lowest BCUT2D eigenvalue weighted by molar-refractivity contribution is -0.134. The van der Waals surface area contributed by atoms with Crippen molar-refractivity contribution in [3.05, 3.63) is 30.1 Å². The predicted octanol–water partition coefficient (Wildman–Crippen LogP) is 1.99. The Bertz CT molecular complexity index is 726. The van der Waals surface area contributed by atoms with Gasteiger partial charge in [0.1, 0.15) is 5.82 Å². The standard InChI is InChI=1S/C22H31FN4O3/c23-18-6-8-19(9-7-18)25-21(29)16-26-10-12-27(13-11-26)22(30)15-24-20(28)14-17-4-2-1-3-5-17/h6-9,17H,1-5,10-16H2,(H,24,28)(H,25,29). The second-order valence-corrected chi connectivity index (χ2v) is 8.20. The van der Waals surface area contributed by atoms with E-state index < -0.39 is 0 Å². The zero-order chi connectivity index (χ0) is 21.3. The van der Waals surface area contributed by atoms with Crippen LogP contribution in [0.4, 0.5) is 10.1 Å². The topological polar surface area (TPSA) is 81.8 Å². The molecule has 0 spiro atoms. The molecule has 2 N–H and O–H groups in total. The van der Waals surface area contributed by atoms with Gasteiger partial charge in [-0.25, -0.2) is 4.39 Å². The number of hydrogen-bond acceptors (Lipinski definition) is 4. The van der Waals surface area contributed by atoms with Gasteiger partial charge in [0.2, 0.25) is 17.7 Å². The van der Waals surface area contributed by atoms with E-state index in [-0.39, 0.29) is 36.6 Å². The Morgan fingerprint density at radius 1 is 0.933 bits per heavy atom. The average molecular weight is 419 g/mol. The summed E-state index contributed by atoms with van der Waals surface area (Å²) in [6.45, 7) is 2.51. The molecule has 8 heteroatoms. The first-order valence-electron chi connectivity index (χ1n) is 10.8. The first-order valence-corrected chi connectivity index (χ1v) is 10.8. The minimum Gasteiger partial charge on any atom is -0.347 e. The highest BCUT2D eigenvalue weighted by molar-refractivity contribution is 5.92. The van der Waals surface area contributed by atoms with Gasteiger partial charge in [-0.15, -0.1) is 0 Å². The monoisotopic (exact) mass is 418 g/mol. The number of benzene rings is 1. The smallest absolute Gasteiger partial charge is 0.242 e. The van der Waals surface area contributed by atoms with Crippen LogP contribution in [-0.2, 0) is 14.4 Å². The first-order chi connectivity index (χ1) is 14.5. The van der Waals surface area contributed by atoms with Gasteiger partial charge in [0.25, 0.3) is 0 Å². The number of piperazine rings is 1. The number of halogens is 1. The Hall–Kier alpha value is -2.48. The Kier molecular flexibility index (Phi) is 8.19. The van der Waals surface area contributed by atoms with Crippen molar-refractivity contribution in [2.24, 2.45) is 5.92 Å². The number of anilines is 1. The summed E-state index contributed by atoms with van der Waals surface area (Å²) < 4.78 is 12.9. The van der Waals surface area contributed by atoms with Crippen LogP contribution in [0.15, 0.2) is 24.3 Å². The molecule has 1 aliphatic carbocycles. The molecule has 0 aromatic heterocycles. The number of nitrogens with one attached hydrogen (secondary N) is 2. The van der Waals surface area contributed by atoms with Crippen LogP contribution in [0, 0.1) is 11.7 Å². The summed E-state index contributed by atoms with van der Waals surface area (Å²) >= 11 is 0. The normalized spacial score (nSPS) is 18.1. The molecule has 0 unspecified atom stereocenters. The molecule has 1 aliphatic heterocycles. The van der Waals surface area contributed by atoms with Crippen molar-refractivity contribution >= 4 is 23.4 Å². The van der Waals surface area contributed by atoms with Crippen molar-refractivity contribution in [2.75, 3.05) is 44.6 Å². The van der Waals surface area contributed by atoms with Crippen molar-refractivity contribution in [3.63, 3.8) is 0 Å². The summed E-state index contributed by atoms with van der Waals surface area (Å²) in [6.07, 6.45) is 6.39. The number of carbonyl (C=O) groups excluding carboxylic acids is 3. The van der Waals surface area contributed by atoms with Gasteiger partial charge in [-0.05, 0) is 43.0 Å². The van der Waals surface area contributed by atoms with Gasteiger partial charge in [0.15, 0.2) is 0 Å². The highest BCUT2D eigenvalue weighted by Crippen LogP contribution is 2.26. The zero-order valence-corrected chi connectivity index (χ0v) is 17.4. The van der Waals surface area contributed by atoms with Gasteiger partial charge >= 0.3 is 0 Å². The number of hydrogen-bond donors (Lipinski definition) is 2. The Morgan fingerprint density at radius 3 is 2.27 bits per heavy atom. The summed E-state index contributed by atoms with van der Waals surface area (Å²) in [5.41, 5.74) is 0.555. The molecular formula is C22H31FN4O3. The van der Waals surface area contributed by atoms with Crippen LogP contribution < -0.4 is 10.6 Å². The largest absolute Gasteiger partial charge is 0.347 e. The van der Waals surface area contributed by atoms with Crippen LogP contribution in [0.2, 0.25) is 0 Å². The third kappa shape index (κ3) is 7.09. The minimum absolute atomic E-state index is 0.0358. The Balaban J connectivity index is 1.32. The van der Waals surface area contributed by atoms with Gasteiger partial charge in [0, 0.05) is 38.3 Å². The molecule has 0 radical (unpaired) electrons. The molecule has 1 aromatic carbocycles. The fourth-order valence-corrected chi connectivity index (χ4v) is 4.10. The first kappa shape index (κ1) is 22.2. The number of amides is 3. The lowest BCUT2D eigenvalue weighted by Crippen LogP contribution is -2.52. The fourth-order valence-electron chi connectivity index (χ4n) is 4.10. The molecular weight excluding hydrogens is 387 g/mol. The molecule has 164 valence electrons. The van der Waals surface area contributed by atoms with Crippen molar-refractivity contribution in [2.45, 2.75) is 38.5 Å². The average Bonchev–Trinajstić information content (AvgIpc) is 2.75. The Morgan fingerprint density at radius 2 is 1.60 bits per heavy atom. The van der Waals surface area contributed by atoms with E-state index in [0.29, 0.717) is 44.2 Å². The van der Waals surface area contributed by atoms with Crippen molar-refractivity contribution in [1.82, 2.24) is 15.1 Å². The van der Waals surface area contributed by atoms with Gasteiger partial charge in [-0.3, -0.25) is 19.3 Å². The molecule has 1 aromatic rings. The second kappa shape index (κ2) is 11.1. The quantitative estimate of drug-likeness (QED) is 0.710.